The molecular formula is C33H38N2O2S. The summed E-state index contributed by atoms with van der Waals surface area (Å²) in [6.45, 7) is 9.49. The van der Waals surface area contributed by atoms with E-state index >= 15 is 0 Å². The highest BCUT2D eigenvalue weighted by atomic mass is 32.1. The van der Waals surface area contributed by atoms with Gasteiger partial charge in [0.1, 0.15) is 5.75 Å². The van der Waals surface area contributed by atoms with Crippen LogP contribution >= 0.6 is 11.3 Å². The fraction of sp³-hybridized carbons (Fsp3) is 0.394. The second-order valence-electron chi connectivity index (χ2n) is 10.7. The molecule has 2 fully saturated rings. The van der Waals surface area contributed by atoms with Crippen molar-refractivity contribution in [3.8, 4) is 16.2 Å². The number of morpholine rings is 1. The average molecular weight is 527 g/mol. The predicted octanol–water partition coefficient (Wildman–Crippen LogP) is 7.16. The number of thiophene rings is 1. The molecule has 2 aliphatic rings. The number of hydrogen-bond acceptors (Lipinski definition) is 5. The Morgan fingerprint density at radius 2 is 1.58 bits per heavy atom. The first-order valence-corrected chi connectivity index (χ1v) is 14.8. The normalized spacial score (nSPS) is 17.7. The lowest BCUT2D eigenvalue weighted by atomic mass is 9.97. The first-order valence-electron chi connectivity index (χ1n) is 14.0. The van der Waals surface area contributed by atoms with Crippen LogP contribution in [0.4, 0.5) is 0 Å². The quantitative estimate of drug-likeness (QED) is 0.243. The molecule has 2 saturated heterocycles. The van der Waals surface area contributed by atoms with Gasteiger partial charge in [0.15, 0.2) is 0 Å². The van der Waals surface area contributed by atoms with Crippen molar-refractivity contribution in [3.05, 3.63) is 89.0 Å². The Labute approximate surface area is 230 Å². The molecule has 38 heavy (non-hydrogen) atoms. The fourth-order valence-electron chi connectivity index (χ4n) is 5.90. The summed E-state index contributed by atoms with van der Waals surface area (Å²) >= 11 is 1.88. The van der Waals surface area contributed by atoms with Gasteiger partial charge in [0, 0.05) is 35.3 Å². The van der Waals surface area contributed by atoms with E-state index in [9.17, 15) is 0 Å². The highest BCUT2D eigenvalue weighted by molar-refractivity contribution is 7.22. The number of ether oxygens (including phenoxy) is 2. The van der Waals surface area contributed by atoms with Crippen LogP contribution in [0.25, 0.3) is 20.5 Å². The van der Waals surface area contributed by atoms with Crippen molar-refractivity contribution in [2.24, 2.45) is 0 Å². The average Bonchev–Trinajstić information content (AvgIpc) is 3.63. The lowest BCUT2D eigenvalue weighted by molar-refractivity contribution is 0.0342. The molecule has 198 valence electrons. The summed E-state index contributed by atoms with van der Waals surface area (Å²) in [6, 6.07) is 25.6. The molecule has 0 amide bonds. The molecule has 1 atom stereocenters. The molecule has 0 aliphatic carbocycles. The van der Waals surface area contributed by atoms with E-state index in [1.54, 1.807) is 7.11 Å². The Balaban J connectivity index is 1.28. The summed E-state index contributed by atoms with van der Waals surface area (Å²) in [5.41, 5.74) is 6.86. The molecule has 6 rings (SSSR count). The van der Waals surface area contributed by atoms with E-state index in [1.807, 2.05) is 11.3 Å². The van der Waals surface area contributed by atoms with Crippen molar-refractivity contribution in [1.82, 2.24) is 9.80 Å². The van der Waals surface area contributed by atoms with Crippen LogP contribution in [0.2, 0.25) is 0 Å². The monoisotopic (exact) mass is 526 g/mol. The van der Waals surface area contributed by atoms with Gasteiger partial charge in [0.25, 0.3) is 0 Å². The number of fused-ring (bicyclic) bond motifs is 1. The van der Waals surface area contributed by atoms with Crippen molar-refractivity contribution in [2.45, 2.75) is 38.8 Å². The van der Waals surface area contributed by atoms with Crippen LogP contribution in [0.3, 0.4) is 0 Å². The molecule has 0 saturated carbocycles. The second kappa shape index (κ2) is 11.6. The fourth-order valence-corrected chi connectivity index (χ4v) is 7.16. The second-order valence-corrected chi connectivity index (χ2v) is 11.7. The van der Waals surface area contributed by atoms with Gasteiger partial charge in [0.05, 0.1) is 20.3 Å². The first kappa shape index (κ1) is 25.6. The summed E-state index contributed by atoms with van der Waals surface area (Å²) in [7, 11) is 1.74. The third-order valence-electron chi connectivity index (χ3n) is 8.26. The molecule has 1 unspecified atom stereocenters. The maximum atomic E-state index is 5.55. The van der Waals surface area contributed by atoms with E-state index in [1.165, 1.54) is 68.7 Å². The summed E-state index contributed by atoms with van der Waals surface area (Å²) in [4.78, 5) is 6.44. The Kier molecular flexibility index (Phi) is 7.80. The minimum atomic E-state index is 0.493. The molecule has 0 spiro atoms. The lowest BCUT2D eigenvalue weighted by Crippen LogP contribution is -2.35. The third kappa shape index (κ3) is 5.52. The molecule has 0 bridgehead atoms. The summed E-state index contributed by atoms with van der Waals surface area (Å²) in [6.07, 6.45) is 3.58. The first-order chi connectivity index (χ1) is 18.7. The topological polar surface area (TPSA) is 24.9 Å². The number of hydrogen-bond donors (Lipinski definition) is 0. The van der Waals surface area contributed by atoms with E-state index in [-0.39, 0.29) is 0 Å². The van der Waals surface area contributed by atoms with Crippen molar-refractivity contribution < 1.29 is 9.47 Å². The van der Waals surface area contributed by atoms with Crippen molar-refractivity contribution >= 4 is 21.4 Å². The standard InChI is InChI=1S/C33H38N2O2S/c1-24(35-15-3-4-16-35)27-9-5-25(6-10-27)21-31-30-14-13-29(36-2)22-32(30)38-33(31)28-11-7-26(8-12-28)23-34-17-19-37-20-18-34/h5-14,22,24H,3-4,15-21,23H2,1-2H3. The minimum Gasteiger partial charge on any atom is -0.497 e. The van der Waals surface area contributed by atoms with Gasteiger partial charge in [-0.25, -0.2) is 0 Å². The smallest absolute Gasteiger partial charge is 0.120 e. The third-order valence-corrected chi connectivity index (χ3v) is 9.50. The largest absolute Gasteiger partial charge is 0.497 e. The summed E-state index contributed by atoms with van der Waals surface area (Å²) in [5.74, 6) is 0.915. The lowest BCUT2D eigenvalue weighted by Gasteiger charge is -2.26. The number of benzene rings is 3. The molecule has 3 aromatic carbocycles. The molecular weight excluding hydrogens is 488 g/mol. The van der Waals surface area contributed by atoms with Gasteiger partial charge in [-0.3, -0.25) is 9.80 Å². The van der Waals surface area contributed by atoms with Crippen LogP contribution in [-0.4, -0.2) is 56.3 Å². The van der Waals surface area contributed by atoms with E-state index in [4.69, 9.17) is 9.47 Å². The van der Waals surface area contributed by atoms with Gasteiger partial charge in [-0.2, -0.15) is 0 Å². The van der Waals surface area contributed by atoms with Gasteiger partial charge in [-0.05, 0) is 90.7 Å². The SMILES string of the molecule is COc1ccc2c(Cc3ccc(C(C)N4CCCC4)cc3)c(-c3ccc(CN4CCOCC4)cc3)sc2c1. The molecule has 2 aliphatic heterocycles. The minimum absolute atomic E-state index is 0.493. The highest BCUT2D eigenvalue weighted by Crippen LogP contribution is 2.41. The van der Waals surface area contributed by atoms with Gasteiger partial charge >= 0.3 is 0 Å². The maximum Gasteiger partial charge on any atom is 0.120 e. The molecule has 3 heterocycles. The van der Waals surface area contributed by atoms with E-state index in [0.29, 0.717) is 6.04 Å². The molecule has 5 heteroatoms. The van der Waals surface area contributed by atoms with E-state index in [2.05, 4.69) is 83.5 Å². The van der Waals surface area contributed by atoms with Gasteiger partial charge in [-0.1, -0.05) is 48.5 Å². The maximum absolute atomic E-state index is 5.55. The Morgan fingerprint density at radius 1 is 0.868 bits per heavy atom. The summed E-state index contributed by atoms with van der Waals surface area (Å²) < 4.78 is 12.3. The highest BCUT2D eigenvalue weighted by Gasteiger charge is 2.20. The van der Waals surface area contributed by atoms with E-state index < -0.39 is 0 Å². The molecule has 1 aromatic heterocycles. The Bertz CT molecular complexity index is 1350. The van der Waals surface area contributed by atoms with Crippen molar-refractivity contribution in [2.75, 3.05) is 46.5 Å². The number of rotatable bonds is 8. The predicted molar refractivity (Wildman–Crippen MR) is 158 cm³/mol. The molecule has 0 radical (unpaired) electrons. The van der Waals surface area contributed by atoms with Crippen molar-refractivity contribution in [3.63, 3.8) is 0 Å². The van der Waals surface area contributed by atoms with Crippen LogP contribution in [0.1, 0.15) is 48.1 Å². The van der Waals surface area contributed by atoms with Crippen LogP contribution in [0.15, 0.2) is 66.7 Å². The van der Waals surface area contributed by atoms with Gasteiger partial charge in [-0.15, -0.1) is 11.3 Å². The molecule has 4 nitrogen and oxygen atoms in total. The van der Waals surface area contributed by atoms with Crippen molar-refractivity contribution in [1.29, 1.82) is 0 Å². The Hall–Kier alpha value is -2.70. The molecule has 4 aromatic rings. The number of methoxy groups -OCH3 is 1. The van der Waals surface area contributed by atoms with E-state index in [0.717, 1.165) is 45.0 Å². The van der Waals surface area contributed by atoms with Gasteiger partial charge < -0.3 is 9.47 Å². The molecule has 0 N–H and O–H groups in total. The van der Waals surface area contributed by atoms with Crippen LogP contribution in [0, 0.1) is 0 Å². The number of nitrogens with zero attached hydrogens (tertiary/aromatic N) is 2. The Morgan fingerprint density at radius 3 is 2.29 bits per heavy atom. The summed E-state index contributed by atoms with van der Waals surface area (Å²) in [5, 5.41) is 1.33. The van der Waals surface area contributed by atoms with Gasteiger partial charge in [0.2, 0.25) is 0 Å². The van der Waals surface area contributed by atoms with Crippen LogP contribution < -0.4 is 4.74 Å². The zero-order valence-electron chi connectivity index (χ0n) is 22.6. The zero-order valence-corrected chi connectivity index (χ0v) is 23.4. The van der Waals surface area contributed by atoms with Crippen LogP contribution in [0.5, 0.6) is 5.75 Å². The zero-order chi connectivity index (χ0) is 25.9. The number of likely N-dealkylation sites (tertiary alicyclic amines) is 1. The van der Waals surface area contributed by atoms with Crippen LogP contribution in [-0.2, 0) is 17.7 Å².